The number of ether oxygens (including phenoxy) is 1. The minimum absolute atomic E-state index is 0.239. The Morgan fingerprint density at radius 1 is 0.935 bits per heavy atom. The summed E-state index contributed by atoms with van der Waals surface area (Å²) >= 11 is 0. The normalized spacial score (nSPS) is 17.8. The Labute approximate surface area is 183 Å². The van der Waals surface area contributed by atoms with E-state index in [9.17, 15) is 9.50 Å². The van der Waals surface area contributed by atoms with E-state index in [2.05, 4.69) is 53.8 Å². The Kier molecular flexibility index (Phi) is 7.21. The van der Waals surface area contributed by atoms with Crippen molar-refractivity contribution in [3.05, 3.63) is 95.1 Å². The lowest BCUT2D eigenvalue weighted by atomic mass is 9.69. The quantitative estimate of drug-likeness (QED) is 0.445. The summed E-state index contributed by atoms with van der Waals surface area (Å²) in [6, 6.07) is 24.9. The highest BCUT2D eigenvalue weighted by atomic mass is 19.1. The number of rotatable bonds is 9. The fourth-order valence-corrected chi connectivity index (χ4v) is 4.61. The topological polar surface area (TPSA) is 41.5 Å². The van der Waals surface area contributed by atoms with E-state index >= 15 is 0 Å². The number of fused-ring (bicyclic) bond motifs is 1. The van der Waals surface area contributed by atoms with Gasteiger partial charge in [-0.15, -0.1) is 0 Å². The molecule has 0 unspecified atom stereocenters. The lowest BCUT2D eigenvalue weighted by Gasteiger charge is -2.34. The number of benzene rings is 3. The first-order chi connectivity index (χ1) is 15.3. The molecule has 0 aromatic heterocycles. The van der Waals surface area contributed by atoms with Crippen LogP contribution < -0.4 is 10.1 Å². The number of halogens is 1. The fourth-order valence-electron chi connectivity index (χ4n) is 4.61. The Balaban J connectivity index is 1.53. The summed E-state index contributed by atoms with van der Waals surface area (Å²) in [7, 11) is 0. The molecule has 4 rings (SSSR count). The molecule has 3 aromatic rings. The number of alkyl halides is 1. The fraction of sp³-hybridized carbons (Fsp3) is 0.333. The molecular formula is C27H30FNO2. The first kappa shape index (κ1) is 21.4. The third-order valence-electron chi connectivity index (χ3n) is 6.09. The first-order valence-corrected chi connectivity index (χ1v) is 11.1. The van der Waals surface area contributed by atoms with Crippen LogP contribution in [-0.2, 0) is 6.42 Å². The summed E-state index contributed by atoms with van der Waals surface area (Å²) in [5.74, 6) is 1.81. The third kappa shape index (κ3) is 5.26. The predicted octanol–water partition coefficient (Wildman–Crippen LogP) is 5.58. The van der Waals surface area contributed by atoms with E-state index in [1.165, 1.54) is 22.3 Å². The molecule has 0 radical (unpaired) electrons. The van der Waals surface area contributed by atoms with Gasteiger partial charge in [0.05, 0.1) is 6.67 Å². The van der Waals surface area contributed by atoms with Gasteiger partial charge >= 0.3 is 0 Å². The van der Waals surface area contributed by atoms with Crippen LogP contribution in [0.2, 0.25) is 0 Å². The van der Waals surface area contributed by atoms with Crippen LogP contribution in [0.25, 0.3) is 0 Å². The second-order valence-corrected chi connectivity index (χ2v) is 8.13. The summed E-state index contributed by atoms with van der Waals surface area (Å²) in [5, 5.41) is 13.1. The first-order valence-electron chi connectivity index (χ1n) is 11.1. The van der Waals surface area contributed by atoms with Crippen molar-refractivity contribution in [1.82, 2.24) is 5.32 Å². The molecule has 31 heavy (non-hydrogen) atoms. The van der Waals surface area contributed by atoms with Gasteiger partial charge in [0.2, 0.25) is 0 Å². The number of aryl methyl sites for hydroxylation is 1. The Bertz CT molecular complexity index is 959. The van der Waals surface area contributed by atoms with Crippen LogP contribution in [0, 0.1) is 0 Å². The summed E-state index contributed by atoms with van der Waals surface area (Å²) < 4.78 is 18.0. The van der Waals surface area contributed by atoms with E-state index in [1.54, 1.807) is 6.07 Å². The van der Waals surface area contributed by atoms with E-state index < -0.39 is 0 Å². The van der Waals surface area contributed by atoms with Gasteiger partial charge in [-0.1, -0.05) is 48.5 Å². The largest absolute Gasteiger partial charge is 0.508 e. The van der Waals surface area contributed by atoms with E-state index in [0.717, 1.165) is 18.6 Å². The zero-order valence-electron chi connectivity index (χ0n) is 17.8. The van der Waals surface area contributed by atoms with Crippen LogP contribution in [0.1, 0.15) is 46.9 Å². The van der Waals surface area contributed by atoms with Crippen LogP contribution in [0.3, 0.4) is 0 Å². The summed E-state index contributed by atoms with van der Waals surface area (Å²) in [5.41, 5.74) is 5.14. The summed E-state index contributed by atoms with van der Waals surface area (Å²) in [6.07, 6.45) is 2.56. The minimum Gasteiger partial charge on any atom is -0.508 e. The molecule has 0 amide bonds. The molecule has 1 aliphatic carbocycles. The van der Waals surface area contributed by atoms with Gasteiger partial charge in [0.25, 0.3) is 0 Å². The van der Waals surface area contributed by atoms with Crippen molar-refractivity contribution in [2.45, 2.75) is 31.1 Å². The van der Waals surface area contributed by atoms with Crippen molar-refractivity contribution in [3.8, 4) is 11.5 Å². The highest BCUT2D eigenvalue weighted by molar-refractivity contribution is 5.48. The van der Waals surface area contributed by atoms with Crippen molar-refractivity contribution in [2.75, 3.05) is 26.4 Å². The number of aromatic hydroxyl groups is 1. The molecule has 0 saturated carbocycles. The summed E-state index contributed by atoms with van der Waals surface area (Å²) in [4.78, 5) is 0. The van der Waals surface area contributed by atoms with Crippen LogP contribution in [0.4, 0.5) is 4.39 Å². The monoisotopic (exact) mass is 419 g/mol. The van der Waals surface area contributed by atoms with Gasteiger partial charge in [0.1, 0.15) is 18.1 Å². The molecule has 3 nitrogen and oxygen atoms in total. The molecule has 4 heteroatoms. The van der Waals surface area contributed by atoms with Gasteiger partial charge in [0, 0.05) is 12.5 Å². The average Bonchev–Trinajstić information content (AvgIpc) is 2.81. The number of phenols is 1. The Hall–Kier alpha value is -2.85. The highest BCUT2D eigenvalue weighted by Gasteiger charge is 2.32. The van der Waals surface area contributed by atoms with Crippen molar-refractivity contribution in [2.24, 2.45) is 0 Å². The molecule has 2 N–H and O–H groups in total. The van der Waals surface area contributed by atoms with Crippen LogP contribution in [-0.4, -0.2) is 31.5 Å². The van der Waals surface area contributed by atoms with Crippen LogP contribution in [0.15, 0.2) is 72.8 Å². The van der Waals surface area contributed by atoms with Crippen molar-refractivity contribution >= 4 is 0 Å². The van der Waals surface area contributed by atoms with Gasteiger partial charge in [0.15, 0.2) is 0 Å². The van der Waals surface area contributed by atoms with Crippen LogP contribution in [0.5, 0.6) is 11.5 Å². The second kappa shape index (κ2) is 10.5. The molecule has 2 atom stereocenters. The minimum atomic E-state index is -0.288. The van der Waals surface area contributed by atoms with Gasteiger partial charge in [-0.25, -0.2) is 0 Å². The van der Waals surface area contributed by atoms with E-state index in [1.807, 2.05) is 18.2 Å². The lowest BCUT2D eigenvalue weighted by molar-refractivity contribution is 0.312. The van der Waals surface area contributed by atoms with Crippen molar-refractivity contribution in [1.29, 1.82) is 0 Å². The smallest absolute Gasteiger partial charge is 0.119 e. The molecule has 1 aliphatic rings. The highest BCUT2D eigenvalue weighted by Crippen LogP contribution is 2.47. The number of nitrogens with one attached hydrogen (secondary N) is 1. The SMILES string of the molecule is Oc1ccc2c(c1)CC[C@H](c1ccccc1)[C@@H]2c1ccc(OCCNCCCF)cc1. The van der Waals surface area contributed by atoms with Gasteiger partial charge in [-0.2, -0.15) is 0 Å². The number of hydrogen-bond donors (Lipinski definition) is 2. The Morgan fingerprint density at radius 2 is 1.74 bits per heavy atom. The van der Waals surface area contributed by atoms with E-state index in [0.29, 0.717) is 37.8 Å². The maximum atomic E-state index is 12.1. The third-order valence-corrected chi connectivity index (χ3v) is 6.09. The molecule has 0 fully saturated rings. The zero-order chi connectivity index (χ0) is 21.5. The number of phenolic OH excluding ortho intramolecular Hbond substituents is 1. The van der Waals surface area contributed by atoms with E-state index in [4.69, 9.17) is 4.74 Å². The molecule has 0 heterocycles. The van der Waals surface area contributed by atoms with Crippen molar-refractivity contribution in [3.63, 3.8) is 0 Å². The molecule has 0 spiro atoms. The molecule has 162 valence electrons. The van der Waals surface area contributed by atoms with E-state index in [-0.39, 0.29) is 12.6 Å². The molecule has 3 aromatic carbocycles. The molecular weight excluding hydrogens is 389 g/mol. The van der Waals surface area contributed by atoms with Gasteiger partial charge in [-0.3, -0.25) is 4.39 Å². The standard InChI is InChI=1S/C27H30FNO2/c28-15-4-16-29-17-18-31-24-11-7-21(8-12-24)27-25(20-5-2-1-3-6-20)13-9-22-19-23(30)10-14-26(22)27/h1-3,5-8,10-12,14,19,25,27,29-30H,4,9,13,15-18H2/t25-,27+/m1/s1. The van der Waals surface area contributed by atoms with Gasteiger partial charge < -0.3 is 15.2 Å². The predicted molar refractivity (Wildman–Crippen MR) is 123 cm³/mol. The Morgan fingerprint density at radius 3 is 2.52 bits per heavy atom. The lowest BCUT2D eigenvalue weighted by Crippen LogP contribution is -2.22. The molecule has 0 saturated heterocycles. The number of hydrogen-bond acceptors (Lipinski definition) is 3. The van der Waals surface area contributed by atoms with Crippen molar-refractivity contribution < 1.29 is 14.2 Å². The second-order valence-electron chi connectivity index (χ2n) is 8.13. The van der Waals surface area contributed by atoms with Gasteiger partial charge in [-0.05, 0) is 78.2 Å². The van der Waals surface area contributed by atoms with Crippen LogP contribution >= 0.6 is 0 Å². The maximum Gasteiger partial charge on any atom is 0.119 e. The molecule has 0 aliphatic heterocycles. The zero-order valence-corrected chi connectivity index (χ0v) is 17.8. The molecule has 0 bridgehead atoms. The summed E-state index contributed by atoms with van der Waals surface area (Å²) in [6.45, 7) is 1.65. The maximum absolute atomic E-state index is 12.1. The average molecular weight is 420 g/mol.